The zero-order chi connectivity index (χ0) is 22.2. The Hall–Kier alpha value is -2.84. The molecule has 0 fully saturated rings. The molecule has 1 aromatic heterocycles. The number of aliphatic hydroxyl groups is 2. The van der Waals surface area contributed by atoms with Crippen LogP contribution in [0.3, 0.4) is 0 Å². The number of rotatable bonds is 7. The van der Waals surface area contributed by atoms with Crippen molar-refractivity contribution < 1.29 is 28.1 Å². The van der Waals surface area contributed by atoms with E-state index >= 15 is 0 Å². The molecule has 1 aliphatic rings. The van der Waals surface area contributed by atoms with Gasteiger partial charge in [-0.25, -0.2) is 0 Å². The average molecular weight is 432 g/mol. The number of hydrogen-bond donors (Lipinski definition) is 2. The molecule has 3 aromatic rings. The molecule has 0 spiro atoms. The van der Waals surface area contributed by atoms with Gasteiger partial charge in [-0.3, -0.25) is 4.68 Å². The number of unbranched alkanes of at least 4 members (excludes halogenated alkanes) is 2. The van der Waals surface area contributed by atoms with Crippen molar-refractivity contribution in [3.63, 3.8) is 0 Å². The first-order valence-electron chi connectivity index (χ1n) is 10.1. The van der Waals surface area contributed by atoms with Crippen LogP contribution in [0.2, 0.25) is 0 Å². The minimum atomic E-state index is -4.92. The van der Waals surface area contributed by atoms with Crippen LogP contribution >= 0.6 is 0 Å². The standard InChI is InChI=1S/C23H23F3N2O3/c1-28-14-15(13-27-28)18-11-16(31-10-6-2-5-9-29)12-20-21(18)17-7-3-4-8-19(17)22(20,30)23(24,25)26/h3-4,7-8,11-14,29-30H,2,5-6,9-10H2,1H3. The molecule has 0 amide bonds. The first-order valence-corrected chi connectivity index (χ1v) is 10.1. The van der Waals surface area contributed by atoms with Gasteiger partial charge < -0.3 is 14.9 Å². The third-order valence-electron chi connectivity index (χ3n) is 5.59. The van der Waals surface area contributed by atoms with E-state index in [1.54, 1.807) is 42.3 Å². The molecule has 0 bridgehead atoms. The second-order valence-electron chi connectivity index (χ2n) is 7.68. The number of aryl methyl sites for hydroxylation is 1. The smallest absolute Gasteiger partial charge is 0.425 e. The molecule has 31 heavy (non-hydrogen) atoms. The predicted molar refractivity (Wildman–Crippen MR) is 110 cm³/mol. The quantitative estimate of drug-likeness (QED) is 0.543. The van der Waals surface area contributed by atoms with Crippen molar-refractivity contribution in [1.82, 2.24) is 9.78 Å². The van der Waals surface area contributed by atoms with Gasteiger partial charge in [-0.2, -0.15) is 18.3 Å². The molecule has 4 rings (SSSR count). The van der Waals surface area contributed by atoms with E-state index in [-0.39, 0.29) is 23.5 Å². The second kappa shape index (κ2) is 8.01. The summed E-state index contributed by atoms with van der Waals surface area (Å²) in [6.45, 7) is 0.379. The van der Waals surface area contributed by atoms with Crippen molar-refractivity contribution in [1.29, 1.82) is 0 Å². The van der Waals surface area contributed by atoms with E-state index in [9.17, 15) is 18.3 Å². The highest BCUT2D eigenvalue weighted by Gasteiger charge is 2.61. The zero-order valence-corrected chi connectivity index (χ0v) is 17.0. The normalized spacial score (nSPS) is 17.5. The highest BCUT2D eigenvalue weighted by molar-refractivity contribution is 5.93. The fraction of sp³-hybridized carbons (Fsp3) is 0.348. The number of halogens is 3. The molecule has 2 aromatic carbocycles. The van der Waals surface area contributed by atoms with Crippen LogP contribution in [0.1, 0.15) is 30.4 Å². The molecule has 0 saturated carbocycles. The number of aliphatic hydroxyl groups excluding tert-OH is 1. The number of benzene rings is 2. The summed E-state index contributed by atoms with van der Waals surface area (Å²) in [5.41, 5.74) is -1.75. The van der Waals surface area contributed by atoms with Gasteiger partial charge in [-0.1, -0.05) is 24.3 Å². The Kier molecular flexibility index (Phi) is 5.53. The number of hydrogen-bond acceptors (Lipinski definition) is 4. The van der Waals surface area contributed by atoms with Crippen LogP contribution in [0, 0.1) is 0 Å². The van der Waals surface area contributed by atoms with Gasteiger partial charge in [-0.15, -0.1) is 0 Å². The highest BCUT2D eigenvalue weighted by Crippen LogP contribution is 2.58. The maximum atomic E-state index is 14.2. The van der Waals surface area contributed by atoms with E-state index in [1.165, 1.54) is 18.2 Å². The van der Waals surface area contributed by atoms with E-state index in [0.29, 0.717) is 41.7 Å². The number of nitrogens with zero attached hydrogens (tertiary/aromatic N) is 2. The summed E-state index contributed by atoms with van der Waals surface area (Å²) in [4.78, 5) is 0. The van der Waals surface area contributed by atoms with Crippen LogP contribution in [-0.2, 0) is 12.6 Å². The molecule has 1 heterocycles. The molecule has 0 aliphatic heterocycles. The fourth-order valence-corrected chi connectivity index (χ4v) is 4.11. The Bertz CT molecular complexity index is 1090. The monoisotopic (exact) mass is 432 g/mol. The summed E-state index contributed by atoms with van der Waals surface area (Å²) in [7, 11) is 1.73. The summed E-state index contributed by atoms with van der Waals surface area (Å²) >= 11 is 0. The number of alkyl halides is 3. The molecule has 1 atom stereocenters. The Balaban J connectivity index is 1.88. The Morgan fingerprint density at radius 1 is 1.06 bits per heavy atom. The van der Waals surface area contributed by atoms with Crippen molar-refractivity contribution >= 4 is 0 Å². The molecule has 8 heteroatoms. The summed E-state index contributed by atoms with van der Waals surface area (Å²) in [6.07, 6.45) is 0.416. The van der Waals surface area contributed by atoms with Gasteiger partial charge in [0.1, 0.15) is 5.75 Å². The summed E-state index contributed by atoms with van der Waals surface area (Å²) in [6, 6.07) is 9.03. The minimum Gasteiger partial charge on any atom is -0.494 e. The van der Waals surface area contributed by atoms with Gasteiger partial charge in [0.05, 0.1) is 12.8 Å². The van der Waals surface area contributed by atoms with Crippen molar-refractivity contribution in [3.8, 4) is 28.0 Å². The fourth-order valence-electron chi connectivity index (χ4n) is 4.11. The molecule has 0 saturated heterocycles. The van der Waals surface area contributed by atoms with Crippen LogP contribution in [-0.4, -0.2) is 39.4 Å². The average Bonchev–Trinajstić information content (AvgIpc) is 3.28. The van der Waals surface area contributed by atoms with Gasteiger partial charge in [-0.05, 0) is 48.1 Å². The Morgan fingerprint density at radius 3 is 2.52 bits per heavy atom. The first-order chi connectivity index (χ1) is 14.8. The summed E-state index contributed by atoms with van der Waals surface area (Å²) in [5.74, 6) is 0.247. The first kappa shape index (κ1) is 21.4. The lowest BCUT2D eigenvalue weighted by Crippen LogP contribution is -2.41. The maximum Gasteiger partial charge on any atom is 0.425 e. The minimum absolute atomic E-state index is 0.0842. The van der Waals surface area contributed by atoms with Crippen molar-refractivity contribution in [3.05, 3.63) is 59.9 Å². The van der Waals surface area contributed by atoms with E-state index in [4.69, 9.17) is 9.84 Å². The Labute approximate surface area is 177 Å². The molecular formula is C23H23F3N2O3. The Morgan fingerprint density at radius 2 is 1.84 bits per heavy atom. The lowest BCUT2D eigenvalue weighted by atomic mass is 9.89. The lowest BCUT2D eigenvalue weighted by molar-refractivity contribution is -0.246. The number of ether oxygens (including phenoxy) is 1. The summed E-state index contributed by atoms with van der Waals surface area (Å²) in [5, 5.41) is 24.1. The van der Waals surface area contributed by atoms with E-state index in [2.05, 4.69) is 5.10 Å². The predicted octanol–water partition coefficient (Wildman–Crippen LogP) is 4.41. The second-order valence-corrected chi connectivity index (χ2v) is 7.68. The van der Waals surface area contributed by atoms with Crippen LogP contribution in [0.15, 0.2) is 48.8 Å². The third-order valence-corrected chi connectivity index (χ3v) is 5.59. The van der Waals surface area contributed by atoms with Gasteiger partial charge in [0, 0.05) is 36.5 Å². The topological polar surface area (TPSA) is 67.5 Å². The van der Waals surface area contributed by atoms with Gasteiger partial charge in [0.15, 0.2) is 0 Å². The highest BCUT2D eigenvalue weighted by atomic mass is 19.4. The van der Waals surface area contributed by atoms with Crippen LogP contribution in [0.25, 0.3) is 22.3 Å². The van der Waals surface area contributed by atoms with E-state index < -0.39 is 11.8 Å². The third kappa shape index (κ3) is 3.59. The van der Waals surface area contributed by atoms with Gasteiger partial charge >= 0.3 is 6.18 Å². The molecule has 0 radical (unpaired) electrons. The van der Waals surface area contributed by atoms with Gasteiger partial charge in [0.25, 0.3) is 0 Å². The van der Waals surface area contributed by atoms with Crippen LogP contribution < -0.4 is 4.74 Å². The number of fused-ring (bicyclic) bond motifs is 3. The maximum absolute atomic E-state index is 14.2. The molecular weight excluding hydrogens is 409 g/mol. The van der Waals surface area contributed by atoms with Crippen LogP contribution in [0.4, 0.5) is 13.2 Å². The summed E-state index contributed by atoms with van der Waals surface area (Å²) < 4.78 is 50.0. The lowest BCUT2D eigenvalue weighted by Gasteiger charge is -2.28. The van der Waals surface area contributed by atoms with Crippen molar-refractivity contribution in [2.75, 3.05) is 13.2 Å². The van der Waals surface area contributed by atoms with Crippen molar-refractivity contribution in [2.45, 2.75) is 31.0 Å². The van der Waals surface area contributed by atoms with E-state index in [0.717, 1.165) is 6.42 Å². The molecule has 1 aliphatic carbocycles. The van der Waals surface area contributed by atoms with Crippen LogP contribution in [0.5, 0.6) is 5.75 Å². The van der Waals surface area contributed by atoms with Gasteiger partial charge in [0.2, 0.25) is 5.60 Å². The molecule has 164 valence electrons. The largest absolute Gasteiger partial charge is 0.494 e. The zero-order valence-electron chi connectivity index (χ0n) is 17.0. The number of aromatic nitrogens is 2. The molecule has 2 N–H and O–H groups in total. The molecule has 5 nitrogen and oxygen atoms in total. The molecule has 1 unspecified atom stereocenters. The van der Waals surface area contributed by atoms with Crippen molar-refractivity contribution in [2.24, 2.45) is 7.05 Å². The van der Waals surface area contributed by atoms with E-state index in [1.807, 2.05) is 0 Å². The SMILES string of the molecule is Cn1cc(-c2cc(OCCCCCO)cc3c2-c2ccccc2C3(O)C(F)(F)F)cn1.